The van der Waals surface area contributed by atoms with Crippen molar-refractivity contribution in [2.75, 3.05) is 13.1 Å². The molecule has 0 aliphatic carbocycles. The molecule has 2 rings (SSSR count). The van der Waals surface area contributed by atoms with Crippen LogP contribution in [-0.4, -0.2) is 28.7 Å². The molecule has 1 N–H and O–H groups in total. The number of rotatable bonds is 3. The average Bonchev–Trinajstić information content (AvgIpc) is 2.62. The van der Waals surface area contributed by atoms with Crippen LogP contribution < -0.4 is 10.1 Å². The summed E-state index contributed by atoms with van der Waals surface area (Å²) in [7, 11) is 0. The molecule has 1 aromatic heterocycles. The fourth-order valence-electron chi connectivity index (χ4n) is 1.77. The Morgan fingerprint density at radius 3 is 3.27 bits per heavy atom. The number of imidazole rings is 1. The third-order valence-corrected chi connectivity index (χ3v) is 2.88. The van der Waals surface area contributed by atoms with Gasteiger partial charge in [-0.05, 0) is 26.3 Å². The van der Waals surface area contributed by atoms with Crippen molar-refractivity contribution in [1.29, 1.82) is 0 Å². The van der Waals surface area contributed by atoms with E-state index < -0.39 is 0 Å². The van der Waals surface area contributed by atoms with Gasteiger partial charge in [0.25, 0.3) is 0 Å². The van der Waals surface area contributed by atoms with Crippen LogP contribution in [0.3, 0.4) is 0 Å². The summed E-state index contributed by atoms with van der Waals surface area (Å²) < 4.78 is 7.78. The van der Waals surface area contributed by atoms with Gasteiger partial charge in [-0.1, -0.05) is 11.6 Å². The monoisotopic (exact) mass is 229 g/mol. The number of aromatic nitrogens is 2. The molecule has 1 fully saturated rings. The predicted molar refractivity (Wildman–Crippen MR) is 59.4 cm³/mol. The second kappa shape index (κ2) is 4.86. The summed E-state index contributed by atoms with van der Waals surface area (Å²) in [5.41, 5.74) is 0. The van der Waals surface area contributed by atoms with Gasteiger partial charge in [0.2, 0.25) is 5.88 Å². The van der Waals surface area contributed by atoms with E-state index in [0.29, 0.717) is 11.0 Å². The summed E-state index contributed by atoms with van der Waals surface area (Å²) >= 11 is 5.97. The highest BCUT2D eigenvalue weighted by molar-refractivity contribution is 6.30. The molecule has 0 amide bonds. The highest BCUT2D eigenvalue weighted by Crippen LogP contribution is 2.24. The number of ether oxygens (including phenoxy) is 1. The van der Waals surface area contributed by atoms with Crippen LogP contribution in [0, 0.1) is 0 Å². The van der Waals surface area contributed by atoms with E-state index in [-0.39, 0.29) is 6.10 Å². The molecule has 0 saturated carbocycles. The van der Waals surface area contributed by atoms with Crippen LogP contribution in [0.5, 0.6) is 5.88 Å². The molecule has 15 heavy (non-hydrogen) atoms. The van der Waals surface area contributed by atoms with E-state index in [9.17, 15) is 0 Å². The number of piperidine rings is 1. The summed E-state index contributed by atoms with van der Waals surface area (Å²) in [6.45, 7) is 4.85. The van der Waals surface area contributed by atoms with E-state index >= 15 is 0 Å². The molecular weight excluding hydrogens is 214 g/mol. The molecule has 1 aliphatic heterocycles. The third-order valence-electron chi connectivity index (χ3n) is 2.62. The Hall–Kier alpha value is -0.740. The maximum atomic E-state index is 5.97. The van der Waals surface area contributed by atoms with E-state index in [4.69, 9.17) is 16.3 Å². The summed E-state index contributed by atoms with van der Waals surface area (Å²) in [5.74, 6) is 0.702. The first kappa shape index (κ1) is 10.8. The summed E-state index contributed by atoms with van der Waals surface area (Å²) in [6.07, 6.45) is 4.17. The maximum absolute atomic E-state index is 5.97. The first-order valence-electron chi connectivity index (χ1n) is 5.39. The molecule has 1 saturated heterocycles. The van der Waals surface area contributed by atoms with Gasteiger partial charge in [0.15, 0.2) is 5.15 Å². The topological polar surface area (TPSA) is 39.1 Å². The predicted octanol–water partition coefficient (Wildman–Crippen LogP) is 1.69. The largest absolute Gasteiger partial charge is 0.472 e. The first-order chi connectivity index (χ1) is 7.31. The Balaban J connectivity index is 2.04. The van der Waals surface area contributed by atoms with Gasteiger partial charge in [-0.3, -0.25) is 0 Å². The number of hydrogen-bond acceptors (Lipinski definition) is 3. The van der Waals surface area contributed by atoms with E-state index in [2.05, 4.69) is 10.3 Å². The Morgan fingerprint density at radius 1 is 1.73 bits per heavy atom. The Labute approximate surface area is 94.6 Å². The molecule has 1 atom stereocenters. The lowest BCUT2D eigenvalue weighted by molar-refractivity contribution is 0.154. The number of nitrogens with zero attached hydrogens (tertiary/aromatic N) is 2. The molecule has 84 valence electrons. The molecule has 1 aliphatic rings. The normalized spacial score (nSPS) is 21.6. The molecule has 0 aromatic carbocycles. The lowest BCUT2D eigenvalue weighted by Crippen LogP contribution is -2.37. The fraction of sp³-hybridized carbons (Fsp3) is 0.700. The van der Waals surface area contributed by atoms with E-state index in [1.807, 2.05) is 11.5 Å². The van der Waals surface area contributed by atoms with Crippen molar-refractivity contribution in [3.63, 3.8) is 0 Å². The van der Waals surface area contributed by atoms with Crippen molar-refractivity contribution >= 4 is 11.6 Å². The van der Waals surface area contributed by atoms with Gasteiger partial charge in [-0.2, -0.15) is 0 Å². The van der Waals surface area contributed by atoms with Crippen LogP contribution in [0.15, 0.2) is 6.33 Å². The van der Waals surface area contributed by atoms with Gasteiger partial charge in [0.05, 0.1) is 6.33 Å². The Bertz CT molecular complexity index is 320. The molecule has 5 heteroatoms. The van der Waals surface area contributed by atoms with Crippen LogP contribution in [0.25, 0.3) is 0 Å². The van der Waals surface area contributed by atoms with Crippen LogP contribution in [0.4, 0.5) is 0 Å². The van der Waals surface area contributed by atoms with Crippen molar-refractivity contribution in [3.05, 3.63) is 11.5 Å². The van der Waals surface area contributed by atoms with Crippen LogP contribution in [0.2, 0.25) is 5.15 Å². The zero-order valence-electron chi connectivity index (χ0n) is 8.87. The van der Waals surface area contributed by atoms with Crippen LogP contribution >= 0.6 is 11.6 Å². The van der Waals surface area contributed by atoms with Crippen molar-refractivity contribution in [2.45, 2.75) is 32.4 Å². The molecular formula is C10H16ClN3O. The summed E-state index contributed by atoms with van der Waals surface area (Å²) in [6, 6.07) is 0. The van der Waals surface area contributed by atoms with Gasteiger partial charge >= 0.3 is 0 Å². The lowest BCUT2D eigenvalue weighted by atomic mass is 10.1. The Morgan fingerprint density at radius 2 is 2.60 bits per heavy atom. The van der Waals surface area contributed by atoms with Gasteiger partial charge in [0.1, 0.15) is 6.10 Å². The zero-order valence-corrected chi connectivity index (χ0v) is 9.63. The van der Waals surface area contributed by atoms with E-state index in [1.54, 1.807) is 6.33 Å². The summed E-state index contributed by atoms with van der Waals surface area (Å²) in [5, 5.41) is 3.77. The van der Waals surface area contributed by atoms with Crippen LogP contribution in [0.1, 0.15) is 19.8 Å². The van der Waals surface area contributed by atoms with Gasteiger partial charge in [-0.25, -0.2) is 4.98 Å². The highest BCUT2D eigenvalue weighted by Gasteiger charge is 2.18. The number of halogens is 1. The molecule has 0 bridgehead atoms. The maximum Gasteiger partial charge on any atom is 0.233 e. The number of nitrogens with one attached hydrogen (secondary N) is 1. The molecule has 1 unspecified atom stereocenters. The number of aryl methyl sites for hydroxylation is 1. The first-order valence-corrected chi connectivity index (χ1v) is 5.77. The molecule has 2 heterocycles. The second-order valence-electron chi connectivity index (χ2n) is 3.71. The SMILES string of the molecule is CCn1cnc(Cl)c1OC1CCCNC1. The molecule has 0 spiro atoms. The zero-order chi connectivity index (χ0) is 10.7. The molecule has 4 nitrogen and oxygen atoms in total. The number of hydrogen-bond donors (Lipinski definition) is 1. The second-order valence-corrected chi connectivity index (χ2v) is 4.07. The fourth-order valence-corrected chi connectivity index (χ4v) is 1.96. The van der Waals surface area contributed by atoms with Crippen molar-refractivity contribution < 1.29 is 4.74 Å². The minimum Gasteiger partial charge on any atom is -0.472 e. The quantitative estimate of drug-likeness (QED) is 0.858. The average molecular weight is 230 g/mol. The summed E-state index contributed by atoms with van der Waals surface area (Å²) in [4.78, 5) is 4.04. The smallest absolute Gasteiger partial charge is 0.233 e. The minimum atomic E-state index is 0.221. The van der Waals surface area contributed by atoms with E-state index in [1.165, 1.54) is 0 Å². The third kappa shape index (κ3) is 2.44. The minimum absolute atomic E-state index is 0.221. The Kier molecular flexibility index (Phi) is 3.49. The lowest BCUT2D eigenvalue weighted by Gasteiger charge is -2.24. The molecule has 0 radical (unpaired) electrons. The van der Waals surface area contributed by atoms with Crippen molar-refractivity contribution in [2.24, 2.45) is 0 Å². The van der Waals surface area contributed by atoms with Gasteiger partial charge < -0.3 is 14.6 Å². The highest BCUT2D eigenvalue weighted by atomic mass is 35.5. The van der Waals surface area contributed by atoms with Gasteiger partial charge in [-0.15, -0.1) is 0 Å². The molecule has 1 aromatic rings. The van der Waals surface area contributed by atoms with Gasteiger partial charge in [0, 0.05) is 13.1 Å². The van der Waals surface area contributed by atoms with Crippen molar-refractivity contribution in [3.8, 4) is 5.88 Å². The van der Waals surface area contributed by atoms with Crippen molar-refractivity contribution in [1.82, 2.24) is 14.9 Å². The standard InChI is InChI=1S/C10H16ClN3O/c1-2-14-7-13-9(11)10(14)15-8-4-3-5-12-6-8/h7-8,12H,2-6H2,1H3. The van der Waals surface area contributed by atoms with Crippen LogP contribution in [-0.2, 0) is 6.54 Å². The van der Waals surface area contributed by atoms with E-state index in [0.717, 1.165) is 32.5 Å².